The number of imide groups is 2. The Labute approximate surface area is 77.2 Å². The van der Waals surface area contributed by atoms with Crippen molar-refractivity contribution in [2.45, 2.75) is 11.2 Å². The third-order valence-electron chi connectivity index (χ3n) is 1.66. The summed E-state index contributed by atoms with van der Waals surface area (Å²) in [5.74, 6) is -1.19. The van der Waals surface area contributed by atoms with Gasteiger partial charge < -0.3 is 0 Å². The van der Waals surface area contributed by atoms with Crippen molar-refractivity contribution in [3.63, 3.8) is 0 Å². The van der Waals surface area contributed by atoms with E-state index in [0.717, 1.165) is 4.90 Å². The average molecular weight is 235 g/mol. The Morgan fingerprint density at radius 2 is 1.92 bits per heavy atom. The molecule has 1 rings (SSSR count). The molecule has 5 nitrogen and oxygen atoms in total. The van der Waals surface area contributed by atoms with Crippen molar-refractivity contribution in [2.75, 3.05) is 7.05 Å². The fourth-order valence-electron chi connectivity index (χ4n) is 0.803. The van der Waals surface area contributed by atoms with Crippen LogP contribution in [0.15, 0.2) is 0 Å². The second-order valence-corrected chi connectivity index (χ2v) is 4.21. The first-order valence-electron chi connectivity index (χ1n) is 3.20. The topological polar surface area (TPSA) is 66.5 Å². The third kappa shape index (κ3) is 1.12. The maximum Gasteiger partial charge on any atom is 0.330 e. The summed E-state index contributed by atoms with van der Waals surface area (Å²) < 4.78 is -1.32. The molecule has 1 fully saturated rings. The number of hydrogen-bond acceptors (Lipinski definition) is 3. The zero-order chi connectivity index (χ0) is 9.52. The predicted molar refractivity (Wildman–Crippen MR) is 43.6 cm³/mol. The number of carbonyl (C=O) groups excluding carboxylic acids is 3. The van der Waals surface area contributed by atoms with E-state index in [4.69, 9.17) is 0 Å². The van der Waals surface area contributed by atoms with Crippen molar-refractivity contribution in [2.24, 2.45) is 0 Å². The minimum absolute atomic E-state index is 0.559. The van der Waals surface area contributed by atoms with Crippen LogP contribution < -0.4 is 5.32 Å². The Balaban J connectivity index is 3.04. The van der Waals surface area contributed by atoms with Gasteiger partial charge in [0.1, 0.15) is 0 Å². The molecule has 0 aromatic carbocycles. The number of nitrogens with zero attached hydrogens (tertiary/aromatic N) is 1. The van der Waals surface area contributed by atoms with Crippen LogP contribution in [0, 0.1) is 0 Å². The molecule has 66 valence electrons. The highest BCUT2D eigenvalue weighted by Gasteiger charge is 2.47. The van der Waals surface area contributed by atoms with E-state index in [9.17, 15) is 14.4 Å². The van der Waals surface area contributed by atoms with Crippen LogP contribution in [-0.4, -0.2) is 34.1 Å². The number of nitrogens with one attached hydrogen (secondary N) is 1. The first-order chi connectivity index (χ1) is 5.37. The molecule has 0 bridgehead atoms. The Morgan fingerprint density at radius 1 is 1.42 bits per heavy atom. The maximum absolute atomic E-state index is 11.3. The molecule has 1 saturated heterocycles. The van der Waals surface area contributed by atoms with E-state index in [2.05, 4.69) is 15.9 Å². The average Bonchev–Trinajstić information content (AvgIpc) is 1.99. The zero-order valence-corrected chi connectivity index (χ0v) is 8.14. The molecule has 0 spiro atoms. The molecule has 0 aromatic rings. The lowest BCUT2D eigenvalue weighted by Gasteiger charge is -2.30. The van der Waals surface area contributed by atoms with Crippen molar-refractivity contribution in [1.29, 1.82) is 0 Å². The standard InChI is InChI=1S/C6H7BrN2O3/c1-6(7)3(10)8-5(12)9(2)4(6)11/h1-2H3,(H,8,10,12). The SMILES string of the molecule is CN1C(=O)NC(=O)C(C)(Br)C1=O. The maximum atomic E-state index is 11.3. The van der Waals surface area contributed by atoms with E-state index >= 15 is 0 Å². The van der Waals surface area contributed by atoms with Gasteiger partial charge in [-0.2, -0.15) is 0 Å². The van der Waals surface area contributed by atoms with Crippen LogP contribution in [0.1, 0.15) is 6.92 Å². The van der Waals surface area contributed by atoms with Crippen molar-refractivity contribution in [3.8, 4) is 0 Å². The summed E-state index contributed by atoms with van der Waals surface area (Å²) in [5, 5.41) is 2.03. The summed E-state index contributed by atoms with van der Waals surface area (Å²) in [6, 6.07) is -0.693. The molecular formula is C6H7BrN2O3. The van der Waals surface area contributed by atoms with Gasteiger partial charge in [0.15, 0.2) is 4.32 Å². The molecule has 1 unspecified atom stereocenters. The second kappa shape index (κ2) is 2.55. The van der Waals surface area contributed by atoms with E-state index in [-0.39, 0.29) is 0 Å². The van der Waals surface area contributed by atoms with Gasteiger partial charge in [-0.25, -0.2) is 4.79 Å². The number of hydrogen-bond donors (Lipinski definition) is 1. The van der Waals surface area contributed by atoms with Crippen molar-refractivity contribution >= 4 is 33.8 Å². The second-order valence-electron chi connectivity index (χ2n) is 2.63. The van der Waals surface area contributed by atoms with Crippen LogP contribution in [0.4, 0.5) is 4.79 Å². The van der Waals surface area contributed by atoms with Gasteiger partial charge in [-0.05, 0) is 6.92 Å². The van der Waals surface area contributed by atoms with Crippen LogP contribution in [0.5, 0.6) is 0 Å². The molecule has 1 N–H and O–H groups in total. The van der Waals surface area contributed by atoms with Crippen molar-refractivity contribution in [3.05, 3.63) is 0 Å². The Hall–Kier alpha value is -0.910. The smallest absolute Gasteiger partial charge is 0.276 e. The number of carbonyl (C=O) groups is 3. The molecule has 0 radical (unpaired) electrons. The lowest BCUT2D eigenvalue weighted by Crippen LogP contribution is -2.62. The van der Waals surface area contributed by atoms with Crippen LogP contribution in [0.3, 0.4) is 0 Å². The lowest BCUT2D eigenvalue weighted by atomic mass is 10.1. The van der Waals surface area contributed by atoms with Gasteiger partial charge in [-0.3, -0.25) is 19.8 Å². The van der Waals surface area contributed by atoms with E-state index < -0.39 is 22.2 Å². The third-order valence-corrected chi connectivity index (χ3v) is 2.36. The highest BCUT2D eigenvalue weighted by Crippen LogP contribution is 2.23. The number of urea groups is 1. The van der Waals surface area contributed by atoms with Gasteiger partial charge in [-0.1, -0.05) is 15.9 Å². The Morgan fingerprint density at radius 3 is 2.42 bits per heavy atom. The highest BCUT2D eigenvalue weighted by molar-refractivity contribution is 9.10. The van der Waals surface area contributed by atoms with E-state index in [0.29, 0.717) is 0 Å². The van der Waals surface area contributed by atoms with E-state index in [1.165, 1.54) is 14.0 Å². The summed E-state index contributed by atoms with van der Waals surface area (Å²) in [5.41, 5.74) is 0. The van der Waals surface area contributed by atoms with Gasteiger partial charge in [0.2, 0.25) is 0 Å². The van der Waals surface area contributed by atoms with Crippen molar-refractivity contribution in [1.82, 2.24) is 10.2 Å². The minimum atomic E-state index is -1.32. The van der Waals surface area contributed by atoms with Gasteiger partial charge in [0, 0.05) is 7.05 Å². The molecule has 0 aromatic heterocycles. The summed E-state index contributed by atoms with van der Waals surface area (Å²) in [4.78, 5) is 34.0. The molecule has 1 heterocycles. The summed E-state index contributed by atoms with van der Waals surface area (Å²) in [6.07, 6.45) is 0. The van der Waals surface area contributed by atoms with Gasteiger partial charge in [0.05, 0.1) is 0 Å². The monoisotopic (exact) mass is 234 g/mol. The fraction of sp³-hybridized carbons (Fsp3) is 0.500. The summed E-state index contributed by atoms with van der Waals surface area (Å²) in [6.45, 7) is 1.40. The molecule has 1 atom stereocenters. The molecule has 0 aliphatic carbocycles. The molecule has 1 aliphatic heterocycles. The number of alkyl halides is 1. The highest BCUT2D eigenvalue weighted by atomic mass is 79.9. The van der Waals surface area contributed by atoms with Gasteiger partial charge >= 0.3 is 6.03 Å². The normalized spacial score (nSPS) is 30.6. The van der Waals surface area contributed by atoms with Crippen LogP contribution in [-0.2, 0) is 9.59 Å². The number of rotatable bonds is 0. The zero-order valence-electron chi connectivity index (χ0n) is 6.55. The Bertz CT molecular complexity index is 274. The predicted octanol–water partition coefficient (Wildman–Crippen LogP) is -0.152. The molecule has 0 saturated carbocycles. The molecule has 4 amide bonds. The first-order valence-corrected chi connectivity index (χ1v) is 3.99. The lowest BCUT2D eigenvalue weighted by molar-refractivity contribution is -0.138. The number of amides is 4. The van der Waals surface area contributed by atoms with Crippen LogP contribution in [0.2, 0.25) is 0 Å². The van der Waals surface area contributed by atoms with Crippen molar-refractivity contribution < 1.29 is 14.4 Å². The van der Waals surface area contributed by atoms with E-state index in [1.807, 2.05) is 5.32 Å². The molecule has 6 heteroatoms. The molecular weight excluding hydrogens is 228 g/mol. The van der Waals surface area contributed by atoms with Gasteiger partial charge in [0.25, 0.3) is 11.8 Å². The number of barbiturate groups is 1. The molecule has 12 heavy (non-hydrogen) atoms. The van der Waals surface area contributed by atoms with Gasteiger partial charge in [-0.15, -0.1) is 0 Å². The quantitative estimate of drug-likeness (QED) is 0.469. The minimum Gasteiger partial charge on any atom is -0.276 e. The van der Waals surface area contributed by atoms with Crippen LogP contribution in [0.25, 0.3) is 0 Å². The Kier molecular flexibility index (Phi) is 1.95. The summed E-state index contributed by atoms with van der Waals surface area (Å²) in [7, 11) is 1.31. The van der Waals surface area contributed by atoms with Crippen LogP contribution >= 0.6 is 15.9 Å². The number of halogens is 1. The first kappa shape index (κ1) is 9.18. The fourth-order valence-corrected chi connectivity index (χ4v) is 1.17. The molecule has 1 aliphatic rings. The largest absolute Gasteiger partial charge is 0.330 e. The summed E-state index contributed by atoms with van der Waals surface area (Å²) >= 11 is 2.94. The van der Waals surface area contributed by atoms with E-state index in [1.54, 1.807) is 0 Å².